The van der Waals surface area contributed by atoms with E-state index in [0.29, 0.717) is 10.7 Å². The van der Waals surface area contributed by atoms with Crippen molar-refractivity contribution in [1.29, 1.82) is 0 Å². The largest absolute Gasteiger partial charge is 0.280 e. The highest BCUT2D eigenvalue weighted by molar-refractivity contribution is 7.92. The lowest BCUT2D eigenvalue weighted by molar-refractivity contribution is 0.0955. The molecular formula is C20H14ClF2N3O3S. The van der Waals surface area contributed by atoms with Gasteiger partial charge in [0.2, 0.25) is 0 Å². The first-order chi connectivity index (χ1) is 14.3. The van der Waals surface area contributed by atoms with E-state index in [4.69, 9.17) is 11.6 Å². The van der Waals surface area contributed by atoms with E-state index in [2.05, 4.69) is 15.2 Å². The fourth-order valence-electron chi connectivity index (χ4n) is 2.39. The van der Waals surface area contributed by atoms with E-state index in [1.165, 1.54) is 48.5 Å². The first kappa shape index (κ1) is 21.4. The fourth-order valence-corrected chi connectivity index (χ4v) is 3.62. The third-order valence-corrected chi connectivity index (χ3v) is 5.49. The Morgan fingerprint density at radius 2 is 1.60 bits per heavy atom. The minimum absolute atomic E-state index is 0.0138. The van der Waals surface area contributed by atoms with Gasteiger partial charge in [0.25, 0.3) is 15.9 Å². The summed E-state index contributed by atoms with van der Waals surface area (Å²) in [5.74, 6) is -2.43. The normalized spacial score (nSPS) is 11.4. The Kier molecular flexibility index (Phi) is 6.43. The molecule has 10 heteroatoms. The van der Waals surface area contributed by atoms with Crippen molar-refractivity contribution >= 4 is 39.4 Å². The minimum atomic E-state index is -3.97. The fraction of sp³-hybridized carbons (Fsp3) is 0. The molecule has 0 heterocycles. The Balaban J connectivity index is 1.75. The highest BCUT2D eigenvalue weighted by atomic mass is 35.5. The number of hydrazone groups is 1. The number of hydrogen-bond acceptors (Lipinski definition) is 4. The van der Waals surface area contributed by atoms with Crippen LogP contribution in [0.4, 0.5) is 14.5 Å². The molecule has 0 aromatic heterocycles. The summed E-state index contributed by atoms with van der Waals surface area (Å²) in [6, 6.07) is 14.5. The number of halogens is 3. The molecule has 0 bridgehead atoms. The predicted octanol–water partition coefficient (Wildman–Crippen LogP) is 4.18. The third kappa shape index (κ3) is 5.19. The Bertz CT molecular complexity index is 1200. The van der Waals surface area contributed by atoms with E-state index in [-0.39, 0.29) is 10.5 Å². The van der Waals surface area contributed by atoms with Crippen LogP contribution < -0.4 is 10.1 Å². The van der Waals surface area contributed by atoms with Crippen molar-refractivity contribution in [1.82, 2.24) is 5.43 Å². The highest BCUT2D eigenvalue weighted by Gasteiger charge is 2.16. The molecule has 2 N–H and O–H groups in total. The van der Waals surface area contributed by atoms with Crippen LogP contribution in [0.3, 0.4) is 0 Å². The summed E-state index contributed by atoms with van der Waals surface area (Å²) in [7, 11) is -3.97. The molecule has 0 radical (unpaired) electrons. The van der Waals surface area contributed by atoms with Gasteiger partial charge >= 0.3 is 0 Å². The van der Waals surface area contributed by atoms with E-state index in [1.54, 1.807) is 0 Å². The molecular weight excluding hydrogens is 436 g/mol. The van der Waals surface area contributed by atoms with E-state index in [9.17, 15) is 22.0 Å². The molecule has 0 unspecified atom stereocenters. The van der Waals surface area contributed by atoms with Crippen molar-refractivity contribution in [3.05, 3.63) is 94.5 Å². The smallest absolute Gasteiger partial charge is 0.271 e. The van der Waals surface area contributed by atoms with Crippen molar-refractivity contribution in [2.45, 2.75) is 4.90 Å². The maximum atomic E-state index is 13.6. The van der Waals surface area contributed by atoms with Gasteiger partial charge in [-0.05, 0) is 54.6 Å². The Morgan fingerprint density at radius 1 is 0.967 bits per heavy atom. The van der Waals surface area contributed by atoms with Crippen LogP contribution in [0.5, 0.6) is 0 Å². The van der Waals surface area contributed by atoms with Crippen LogP contribution in [0.2, 0.25) is 5.02 Å². The molecule has 30 heavy (non-hydrogen) atoms. The van der Waals surface area contributed by atoms with Gasteiger partial charge in [-0.3, -0.25) is 9.52 Å². The molecule has 0 saturated carbocycles. The number of anilines is 1. The molecule has 0 aliphatic heterocycles. The standard InChI is InChI=1S/C20H14ClF2N3O3S/c21-14-7-9-15(10-8-14)26-30(28,29)16-4-1-3-13(11-16)20(27)25-24-12-17-18(22)5-2-6-19(17)23/h1-12,26H,(H,25,27)/b24-12+. The van der Waals surface area contributed by atoms with E-state index in [0.717, 1.165) is 24.4 Å². The minimum Gasteiger partial charge on any atom is -0.280 e. The second-order valence-electron chi connectivity index (χ2n) is 5.97. The molecule has 0 atom stereocenters. The second kappa shape index (κ2) is 9.02. The monoisotopic (exact) mass is 449 g/mol. The molecule has 0 saturated heterocycles. The Labute approximate surface area is 176 Å². The van der Waals surface area contributed by atoms with Gasteiger partial charge < -0.3 is 0 Å². The molecule has 0 aliphatic rings. The van der Waals surface area contributed by atoms with E-state index >= 15 is 0 Å². The van der Waals surface area contributed by atoms with Crippen molar-refractivity contribution in [2.24, 2.45) is 5.10 Å². The predicted molar refractivity (Wildman–Crippen MR) is 110 cm³/mol. The molecule has 154 valence electrons. The summed E-state index contributed by atoms with van der Waals surface area (Å²) >= 11 is 5.78. The number of carbonyl (C=O) groups excluding carboxylic acids is 1. The van der Waals surface area contributed by atoms with Crippen LogP contribution in [0.25, 0.3) is 0 Å². The number of nitrogens with one attached hydrogen (secondary N) is 2. The average Bonchev–Trinajstić information content (AvgIpc) is 2.72. The Morgan fingerprint density at radius 3 is 2.27 bits per heavy atom. The van der Waals surface area contributed by atoms with Crippen LogP contribution in [-0.2, 0) is 10.0 Å². The van der Waals surface area contributed by atoms with E-state index in [1.807, 2.05) is 0 Å². The van der Waals surface area contributed by atoms with Crippen LogP contribution in [0.15, 0.2) is 76.7 Å². The van der Waals surface area contributed by atoms with Gasteiger partial charge in [0.15, 0.2) is 0 Å². The van der Waals surface area contributed by atoms with E-state index < -0.39 is 33.1 Å². The number of sulfonamides is 1. The molecule has 3 rings (SSSR count). The van der Waals surface area contributed by atoms with Crippen LogP contribution in [0, 0.1) is 11.6 Å². The summed E-state index contributed by atoms with van der Waals surface area (Å²) in [4.78, 5) is 12.1. The quantitative estimate of drug-likeness (QED) is 0.437. The summed E-state index contributed by atoms with van der Waals surface area (Å²) < 4.78 is 54.6. The molecule has 0 aliphatic carbocycles. The first-order valence-corrected chi connectivity index (χ1v) is 10.3. The van der Waals surface area contributed by atoms with Crippen molar-refractivity contribution in [3.8, 4) is 0 Å². The summed E-state index contributed by atoms with van der Waals surface area (Å²) in [6.07, 6.45) is 0.825. The zero-order chi connectivity index (χ0) is 21.7. The molecule has 0 fully saturated rings. The topological polar surface area (TPSA) is 87.6 Å². The van der Waals surface area contributed by atoms with Gasteiger partial charge in [-0.15, -0.1) is 0 Å². The van der Waals surface area contributed by atoms with Crippen molar-refractivity contribution < 1.29 is 22.0 Å². The first-order valence-electron chi connectivity index (χ1n) is 8.42. The highest BCUT2D eigenvalue weighted by Crippen LogP contribution is 2.19. The van der Waals surface area contributed by atoms with Crippen LogP contribution >= 0.6 is 11.6 Å². The van der Waals surface area contributed by atoms with Gasteiger partial charge in [0.05, 0.1) is 16.7 Å². The number of nitrogens with zero attached hydrogens (tertiary/aromatic N) is 1. The zero-order valence-electron chi connectivity index (χ0n) is 15.1. The van der Waals surface area contributed by atoms with Gasteiger partial charge in [-0.1, -0.05) is 23.7 Å². The maximum Gasteiger partial charge on any atom is 0.271 e. The number of amides is 1. The number of rotatable bonds is 6. The summed E-state index contributed by atoms with van der Waals surface area (Å²) in [6.45, 7) is 0. The Hall–Kier alpha value is -3.30. The van der Waals surface area contributed by atoms with Gasteiger partial charge in [-0.2, -0.15) is 5.10 Å². The summed E-state index contributed by atoms with van der Waals surface area (Å²) in [5, 5.41) is 3.98. The SMILES string of the molecule is O=C(N/N=C/c1c(F)cccc1F)c1cccc(S(=O)(=O)Nc2ccc(Cl)cc2)c1. The lowest BCUT2D eigenvalue weighted by Crippen LogP contribution is -2.19. The van der Waals surface area contributed by atoms with Crippen molar-refractivity contribution in [2.75, 3.05) is 4.72 Å². The van der Waals surface area contributed by atoms with Crippen molar-refractivity contribution in [3.63, 3.8) is 0 Å². The molecule has 3 aromatic carbocycles. The lowest BCUT2D eigenvalue weighted by atomic mass is 10.2. The molecule has 3 aromatic rings. The number of hydrogen-bond donors (Lipinski definition) is 2. The van der Waals surface area contributed by atoms with Crippen LogP contribution in [0.1, 0.15) is 15.9 Å². The lowest BCUT2D eigenvalue weighted by Gasteiger charge is -2.09. The summed E-state index contributed by atoms with van der Waals surface area (Å²) in [5.41, 5.74) is 1.97. The maximum absolute atomic E-state index is 13.6. The van der Waals surface area contributed by atoms with Crippen LogP contribution in [-0.4, -0.2) is 20.5 Å². The zero-order valence-corrected chi connectivity index (χ0v) is 16.7. The number of carbonyl (C=O) groups is 1. The third-order valence-electron chi connectivity index (χ3n) is 3.86. The van der Waals surface area contributed by atoms with Gasteiger partial charge in [0.1, 0.15) is 11.6 Å². The number of benzene rings is 3. The molecule has 6 nitrogen and oxygen atoms in total. The van der Waals surface area contributed by atoms with Gasteiger partial charge in [0, 0.05) is 16.3 Å². The average molecular weight is 450 g/mol. The molecule has 1 amide bonds. The van der Waals surface area contributed by atoms with Gasteiger partial charge in [-0.25, -0.2) is 22.6 Å². The molecule has 0 spiro atoms. The second-order valence-corrected chi connectivity index (χ2v) is 8.09.